The third-order valence-corrected chi connectivity index (χ3v) is 5.95. The Balaban J connectivity index is 1.64. The van der Waals surface area contributed by atoms with Gasteiger partial charge in [-0.2, -0.15) is 0 Å². The van der Waals surface area contributed by atoms with Gasteiger partial charge in [-0.1, -0.05) is 47.5 Å². The molecule has 3 aromatic carbocycles. The molecule has 0 aliphatic carbocycles. The Labute approximate surface area is 203 Å². The molecule has 0 atom stereocenters. The number of fused-ring (bicyclic) bond motifs is 1. The zero-order valence-electron chi connectivity index (χ0n) is 18.5. The van der Waals surface area contributed by atoms with Crippen molar-refractivity contribution < 1.29 is 9.59 Å². The lowest BCUT2D eigenvalue weighted by Crippen LogP contribution is -2.35. The average Bonchev–Trinajstić information content (AvgIpc) is 2.77. The minimum absolute atomic E-state index is 0.0146. The predicted molar refractivity (Wildman–Crippen MR) is 135 cm³/mol. The number of nitrogens with one attached hydrogen (secondary N) is 2. The SMILES string of the molecule is CC(C)NC(=O)c1cc(NC(=O)c2cc(Cl)cc(Cl)c2)ccc1N1CCc2ccccc2C1. The maximum Gasteiger partial charge on any atom is 0.255 e. The first-order valence-electron chi connectivity index (χ1n) is 10.8. The maximum absolute atomic E-state index is 13.1. The monoisotopic (exact) mass is 481 g/mol. The van der Waals surface area contributed by atoms with E-state index in [-0.39, 0.29) is 17.9 Å². The van der Waals surface area contributed by atoms with Gasteiger partial charge < -0.3 is 15.5 Å². The molecule has 170 valence electrons. The molecule has 4 rings (SSSR count). The van der Waals surface area contributed by atoms with Gasteiger partial charge in [0, 0.05) is 46.1 Å². The van der Waals surface area contributed by atoms with E-state index in [0.29, 0.717) is 26.9 Å². The zero-order chi connectivity index (χ0) is 23.5. The van der Waals surface area contributed by atoms with Crippen molar-refractivity contribution in [2.75, 3.05) is 16.8 Å². The molecule has 1 aliphatic heterocycles. The third kappa shape index (κ3) is 5.49. The molecule has 0 fully saturated rings. The predicted octanol–water partition coefficient (Wildman–Crippen LogP) is 5.95. The molecule has 33 heavy (non-hydrogen) atoms. The van der Waals surface area contributed by atoms with Crippen LogP contribution in [0.5, 0.6) is 0 Å². The number of carbonyl (C=O) groups is 2. The van der Waals surface area contributed by atoms with E-state index in [1.807, 2.05) is 32.0 Å². The van der Waals surface area contributed by atoms with Gasteiger partial charge >= 0.3 is 0 Å². The standard InChI is InChI=1S/C26H25Cl2N3O2/c1-16(2)29-26(33)23-14-22(30-25(32)19-11-20(27)13-21(28)12-19)7-8-24(23)31-10-9-17-5-3-4-6-18(17)15-31/h3-8,11-14,16H,9-10,15H2,1-2H3,(H,29,33)(H,30,32). The van der Waals surface area contributed by atoms with Gasteiger partial charge in [0.2, 0.25) is 0 Å². The summed E-state index contributed by atoms with van der Waals surface area (Å²) < 4.78 is 0. The summed E-state index contributed by atoms with van der Waals surface area (Å²) in [5.41, 5.74) is 4.82. The molecule has 2 amide bonds. The lowest BCUT2D eigenvalue weighted by molar-refractivity contribution is 0.0942. The molecule has 1 aliphatic rings. The molecule has 0 bridgehead atoms. The van der Waals surface area contributed by atoms with Crippen molar-refractivity contribution >= 4 is 46.4 Å². The number of hydrogen-bond acceptors (Lipinski definition) is 3. The second-order valence-corrected chi connectivity index (χ2v) is 9.29. The van der Waals surface area contributed by atoms with E-state index in [9.17, 15) is 9.59 Å². The Morgan fingerprint density at radius 3 is 2.30 bits per heavy atom. The normalized spacial score (nSPS) is 12.9. The second-order valence-electron chi connectivity index (χ2n) is 8.41. The Morgan fingerprint density at radius 2 is 1.61 bits per heavy atom. The number of rotatable bonds is 5. The molecule has 7 heteroatoms. The summed E-state index contributed by atoms with van der Waals surface area (Å²) in [5.74, 6) is -0.532. The van der Waals surface area contributed by atoms with Crippen molar-refractivity contribution in [1.29, 1.82) is 0 Å². The highest BCUT2D eigenvalue weighted by molar-refractivity contribution is 6.35. The van der Waals surface area contributed by atoms with Crippen LogP contribution in [0, 0.1) is 0 Å². The first-order valence-corrected chi connectivity index (χ1v) is 11.6. The minimum atomic E-state index is -0.353. The van der Waals surface area contributed by atoms with Crippen molar-refractivity contribution in [3.05, 3.63) is 93.0 Å². The smallest absolute Gasteiger partial charge is 0.255 e. The van der Waals surface area contributed by atoms with Crippen LogP contribution in [0.25, 0.3) is 0 Å². The van der Waals surface area contributed by atoms with E-state index < -0.39 is 0 Å². The molecule has 1 heterocycles. The van der Waals surface area contributed by atoms with Gasteiger partial charge in [-0.25, -0.2) is 0 Å². The van der Waals surface area contributed by atoms with Gasteiger partial charge in [0.25, 0.3) is 11.8 Å². The summed E-state index contributed by atoms with van der Waals surface area (Å²) >= 11 is 12.1. The van der Waals surface area contributed by atoms with Crippen molar-refractivity contribution in [2.45, 2.75) is 32.9 Å². The Hall–Kier alpha value is -3.02. The summed E-state index contributed by atoms with van der Waals surface area (Å²) in [5, 5.41) is 6.58. The quantitative estimate of drug-likeness (QED) is 0.473. The van der Waals surface area contributed by atoms with E-state index in [1.54, 1.807) is 24.3 Å². The first kappa shape index (κ1) is 23.1. The molecule has 0 unspecified atom stereocenters. The van der Waals surface area contributed by atoms with Crippen molar-refractivity contribution in [2.24, 2.45) is 0 Å². The Bertz CT molecular complexity index is 1190. The third-order valence-electron chi connectivity index (χ3n) is 5.51. The van der Waals surface area contributed by atoms with Crippen LogP contribution in [0.2, 0.25) is 10.0 Å². The lowest BCUT2D eigenvalue weighted by Gasteiger charge is -2.32. The van der Waals surface area contributed by atoms with Gasteiger partial charge in [0.15, 0.2) is 0 Å². The van der Waals surface area contributed by atoms with E-state index in [2.05, 4.69) is 33.7 Å². The fourth-order valence-electron chi connectivity index (χ4n) is 4.00. The fourth-order valence-corrected chi connectivity index (χ4v) is 4.53. The van der Waals surface area contributed by atoms with Crippen LogP contribution in [0.1, 0.15) is 45.7 Å². The maximum atomic E-state index is 13.1. The lowest BCUT2D eigenvalue weighted by atomic mass is 9.98. The number of hydrogen-bond donors (Lipinski definition) is 2. The number of amides is 2. The number of nitrogens with zero attached hydrogens (tertiary/aromatic N) is 1. The van der Waals surface area contributed by atoms with E-state index in [0.717, 1.165) is 25.2 Å². The number of carbonyl (C=O) groups excluding carboxylic acids is 2. The molecule has 5 nitrogen and oxygen atoms in total. The minimum Gasteiger partial charge on any atom is -0.366 e. The summed E-state index contributed by atoms with van der Waals surface area (Å²) in [4.78, 5) is 28.0. The topological polar surface area (TPSA) is 61.4 Å². The van der Waals surface area contributed by atoms with Gasteiger partial charge in [-0.3, -0.25) is 9.59 Å². The van der Waals surface area contributed by atoms with E-state index >= 15 is 0 Å². The van der Waals surface area contributed by atoms with E-state index in [4.69, 9.17) is 23.2 Å². The molecule has 3 aromatic rings. The molecule has 0 radical (unpaired) electrons. The zero-order valence-corrected chi connectivity index (χ0v) is 20.0. The molecule has 0 spiro atoms. The van der Waals surface area contributed by atoms with Crippen LogP contribution < -0.4 is 15.5 Å². The number of halogens is 2. The molecule has 2 N–H and O–H groups in total. The molecule has 0 aromatic heterocycles. The highest BCUT2D eigenvalue weighted by Crippen LogP contribution is 2.30. The van der Waals surface area contributed by atoms with Crippen LogP contribution >= 0.6 is 23.2 Å². The summed E-state index contributed by atoms with van der Waals surface area (Å²) in [6, 6.07) is 18.5. The van der Waals surface area contributed by atoms with Crippen LogP contribution in [-0.2, 0) is 13.0 Å². The molecular formula is C26H25Cl2N3O2. The number of benzene rings is 3. The highest BCUT2D eigenvalue weighted by Gasteiger charge is 2.22. The summed E-state index contributed by atoms with van der Waals surface area (Å²) in [6.45, 7) is 5.38. The van der Waals surface area contributed by atoms with Gasteiger partial charge in [-0.05, 0) is 67.8 Å². The number of anilines is 2. The average molecular weight is 482 g/mol. The summed E-state index contributed by atoms with van der Waals surface area (Å²) in [6.07, 6.45) is 0.912. The van der Waals surface area contributed by atoms with Crippen molar-refractivity contribution in [1.82, 2.24) is 5.32 Å². The second kappa shape index (κ2) is 9.86. The first-order chi connectivity index (χ1) is 15.8. The van der Waals surface area contributed by atoms with Gasteiger partial charge in [0.05, 0.1) is 5.56 Å². The Morgan fingerprint density at radius 1 is 0.909 bits per heavy atom. The highest BCUT2D eigenvalue weighted by atomic mass is 35.5. The molecule has 0 saturated heterocycles. The van der Waals surface area contributed by atoms with Crippen molar-refractivity contribution in [3.63, 3.8) is 0 Å². The van der Waals surface area contributed by atoms with Crippen LogP contribution in [0.4, 0.5) is 11.4 Å². The van der Waals surface area contributed by atoms with Crippen LogP contribution in [0.15, 0.2) is 60.7 Å². The Kier molecular flexibility index (Phi) is 6.91. The van der Waals surface area contributed by atoms with E-state index in [1.165, 1.54) is 11.1 Å². The van der Waals surface area contributed by atoms with Gasteiger partial charge in [-0.15, -0.1) is 0 Å². The largest absolute Gasteiger partial charge is 0.366 e. The van der Waals surface area contributed by atoms with Crippen molar-refractivity contribution in [3.8, 4) is 0 Å². The van der Waals surface area contributed by atoms with Crippen LogP contribution in [-0.4, -0.2) is 24.4 Å². The van der Waals surface area contributed by atoms with Crippen LogP contribution in [0.3, 0.4) is 0 Å². The summed E-state index contributed by atoms with van der Waals surface area (Å²) in [7, 11) is 0. The van der Waals surface area contributed by atoms with Gasteiger partial charge in [0.1, 0.15) is 0 Å². The molecular weight excluding hydrogens is 457 g/mol. The molecule has 0 saturated carbocycles. The fraction of sp³-hybridized carbons (Fsp3) is 0.231.